The van der Waals surface area contributed by atoms with Crippen molar-refractivity contribution in [2.75, 3.05) is 26.3 Å². The third kappa shape index (κ3) is 2.43. The number of fused-ring (bicyclic) bond motifs is 2. The smallest absolute Gasteiger partial charge is 0.311 e. The molecule has 0 saturated carbocycles. The zero-order valence-corrected chi connectivity index (χ0v) is 14.2. The van der Waals surface area contributed by atoms with Crippen LogP contribution in [0.15, 0.2) is 28.9 Å². The van der Waals surface area contributed by atoms with E-state index in [9.17, 15) is 14.7 Å². The fraction of sp³-hybridized carbons (Fsp3) is 0.474. The molecule has 132 valence electrons. The van der Waals surface area contributed by atoms with Gasteiger partial charge in [0.2, 0.25) is 0 Å². The second-order valence-electron chi connectivity index (χ2n) is 7.00. The van der Waals surface area contributed by atoms with Crippen LogP contribution in [0.5, 0.6) is 0 Å². The van der Waals surface area contributed by atoms with Gasteiger partial charge < -0.3 is 19.2 Å². The number of likely N-dealkylation sites (tertiary alicyclic amines) is 1. The number of nitrogens with zero attached hydrogens (tertiary/aromatic N) is 1. The minimum Gasteiger partial charge on any atom is -0.481 e. The van der Waals surface area contributed by atoms with E-state index in [0.717, 1.165) is 17.4 Å². The Morgan fingerprint density at radius 1 is 1.40 bits per heavy atom. The monoisotopic (exact) mass is 343 g/mol. The second-order valence-corrected chi connectivity index (χ2v) is 7.00. The van der Waals surface area contributed by atoms with Crippen LogP contribution < -0.4 is 0 Å². The maximum Gasteiger partial charge on any atom is 0.311 e. The van der Waals surface area contributed by atoms with E-state index in [2.05, 4.69) is 6.92 Å². The van der Waals surface area contributed by atoms with Gasteiger partial charge in [-0.3, -0.25) is 9.59 Å². The van der Waals surface area contributed by atoms with Gasteiger partial charge in [-0.05, 0) is 30.5 Å². The normalized spacial score (nSPS) is 26.0. The highest BCUT2D eigenvalue weighted by atomic mass is 16.5. The molecule has 1 N–H and O–H groups in total. The lowest BCUT2D eigenvalue weighted by Crippen LogP contribution is -2.45. The number of hydrogen-bond acceptors (Lipinski definition) is 4. The third-order valence-electron chi connectivity index (χ3n) is 5.70. The predicted octanol–water partition coefficient (Wildman–Crippen LogP) is 2.56. The van der Waals surface area contributed by atoms with E-state index in [1.54, 1.807) is 4.90 Å². The van der Waals surface area contributed by atoms with Gasteiger partial charge in [0.05, 0.1) is 17.6 Å². The van der Waals surface area contributed by atoms with Crippen LogP contribution in [0.1, 0.15) is 29.3 Å². The zero-order valence-electron chi connectivity index (χ0n) is 14.2. The van der Waals surface area contributed by atoms with Crippen LogP contribution in [-0.4, -0.2) is 48.2 Å². The molecule has 6 heteroatoms. The highest BCUT2D eigenvalue weighted by Gasteiger charge is 2.55. The van der Waals surface area contributed by atoms with Gasteiger partial charge in [-0.15, -0.1) is 0 Å². The van der Waals surface area contributed by atoms with Crippen LogP contribution in [0.25, 0.3) is 11.0 Å². The number of benzene rings is 1. The summed E-state index contributed by atoms with van der Waals surface area (Å²) >= 11 is 0. The SMILES string of the molecule is CCc1ccc2occ(C(=O)N3C[C@H]4COCC[C@@]4(C(=O)O)C3)c2c1. The summed E-state index contributed by atoms with van der Waals surface area (Å²) in [6, 6.07) is 5.84. The minimum absolute atomic E-state index is 0.160. The van der Waals surface area contributed by atoms with Crippen LogP contribution in [-0.2, 0) is 16.0 Å². The first-order valence-electron chi connectivity index (χ1n) is 8.65. The molecule has 0 aliphatic carbocycles. The van der Waals surface area contributed by atoms with Crippen LogP contribution >= 0.6 is 0 Å². The van der Waals surface area contributed by atoms with Gasteiger partial charge >= 0.3 is 5.97 Å². The number of aliphatic carboxylic acids is 1. The number of hydrogen-bond donors (Lipinski definition) is 1. The Bertz CT molecular complexity index is 841. The molecule has 6 nitrogen and oxygen atoms in total. The predicted molar refractivity (Wildman–Crippen MR) is 90.5 cm³/mol. The number of carboxylic acids is 1. The molecule has 1 aromatic carbocycles. The van der Waals surface area contributed by atoms with Crippen molar-refractivity contribution in [3.05, 3.63) is 35.6 Å². The van der Waals surface area contributed by atoms with Crippen molar-refractivity contribution in [3.63, 3.8) is 0 Å². The molecule has 2 aliphatic heterocycles. The average molecular weight is 343 g/mol. The summed E-state index contributed by atoms with van der Waals surface area (Å²) in [4.78, 5) is 26.6. The molecule has 2 atom stereocenters. The Labute approximate surface area is 145 Å². The van der Waals surface area contributed by atoms with Gasteiger partial charge in [0.15, 0.2) is 0 Å². The van der Waals surface area contributed by atoms with E-state index in [1.165, 1.54) is 6.26 Å². The number of furan rings is 1. The average Bonchev–Trinajstić information content (AvgIpc) is 3.22. The standard InChI is InChI=1S/C19H21NO5/c1-2-12-3-4-16-14(7-12)15(10-25-16)17(21)20-8-13-9-24-6-5-19(13,11-20)18(22)23/h3-4,7,10,13H,2,5-6,8-9,11H2,1H3,(H,22,23)/t13-,19+/m0/s1. The molecule has 4 rings (SSSR count). The molecule has 2 aromatic rings. The number of amides is 1. The van der Waals surface area contributed by atoms with E-state index in [-0.39, 0.29) is 18.4 Å². The first kappa shape index (κ1) is 16.1. The number of carbonyl (C=O) groups excluding carboxylic acids is 1. The van der Waals surface area contributed by atoms with Crippen LogP contribution in [0, 0.1) is 11.3 Å². The Morgan fingerprint density at radius 3 is 2.96 bits per heavy atom. The molecule has 2 saturated heterocycles. The summed E-state index contributed by atoms with van der Waals surface area (Å²) in [6.45, 7) is 3.52. The van der Waals surface area contributed by atoms with Gasteiger partial charge in [0.25, 0.3) is 5.91 Å². The molecule has 0 unspecified atom stereocenters. The maximum absolute atomic E-state index is 13.1. The summed E-state index contributed by atoms with van der Waals surface area (Å²) in [6.07, 6.45) is 2.81. The third-order valence-corrected chi connectivity index (χ3v) is 5.70. The molecule has 0 radical (unpaired) electrons. The molecular weight excluding hydrogens is 322 g/mol. The fourth-order valence-corrected chi connectivity index (χ4v) is 4.09. The van der Waals surface area contributed by atoms with E-state index in [4.69, 9.17) is 9.15 Å². The van der Waals surface area contributed by atoms with Gasteiger partial charge in [0.1, 0.15) is 11.8 Å². The molecular formula is C19H21NO5. The minimum atomic E-state index is -0.887. The number of ether oxygens (including phenoxy) is 1. The highest BCUT2D eigenvalue weighted by Crippen LogP contribution is 2.43. The van der Waals surface area contributed by atoms with Crippen molar-refractivity contribution < 1.29 is 23.8 Å². The van der Waals surface area contributed by atoms with Crippen molar-refractivity contribution in [1.82, 2.24) is 4.90 Å². The fourth-order valence-electron chi connectivity index (χ4n) is 4.09. The molecule has 25 heavy (non-hydrogen) atoms. The Morgan fingerprint density at radius 2 is 2.24 bits per heavy atom. The van der Waals surface area contributed by atoms with Crippen LogP contribution in [0.3, 0.4) is 0 Å². The lowest BCUT2D eigenvalue weighted by atomic mass is 9.74. The molecule has 2 aliphatic rings. The van der Waals surface area contributed by atoms with E-state index in [1.807, 2.05) is 18.2 Å². The van der Waals surface area contributed by atoms with Crippen molar-refractivity contribution in [2.24, 2.45) is 11.3 Å². The molecule has 1 amide bonds. The number of rotatable bonds is 3. The number of aryl methyl sites for hydroxylation is 1. The molecule has 2 fully saturated rings. The largest absolute Gasteiger partial charge is 0.481 e. The number of carboxylic acid groups (broad SMARTS) is 1. The molecule has 1 aromatic heterocycles. The lowest BCUT2D eigenvalue weighted by Gasteiger charge is -2.33. The van der Waals surface area contributed by atoms with Crippen LogP contribution in [0.4, 0.5) is 0 Å². The molecule has 3 heterocycles. The van der Waals surface area contributed by atoms with Crippen molar-refractivity contribution in [3.8, 4) is 0 Å². The Balaban J connectivity index is 1.67. The van der Waals surface area contributed by atoms with Crippen molar-refractivity contribution in [1.29, 1.82) is 0 Å². The quantitative estimate of drug-likeness (QED) is 0.926. The highest BCUT2D eigenvalue weighted by molar-refractivity contribution is 6.06. The lowest BCUT2D eigenvalue weighted by molar-refractivity contribution is -0.157. The van der Waals surface area contributed by atoms with Crippen molar-refractivity contribution >= 4 is 22.8 Å². The first-order valence-corrected chi connectivity index (χ1v) is 8.65. The second kappa shape index (κ2) is 5.88. The summed E-state index contributed by atoms with van der Waals surface area (Å²) in [7, 11) is 0. The Kier molecular flexibility index (Phi) is 3.80. The summed E-state index contributed by atoms with van der Waals surface area (Å²) in [5.41, 5.74) is 1.43. The number of carbonyl (C=O) groups is 2. The van der Waals surface area contributed by atoms with Gasteiger partial charge in [-0.1, -0.05) is 13.0 Å². The Hall–Kier alpha value is -2.34. The molecule has 0 bridgehead atoms. The van der Waals surface area contributed by atoms with Gasteiger partial charge in [0, 0.05) is 31.0 Å². The summed E-state index contributed by atoms with van der Waals surface area (Å²) in [5, 5.41) is 10.5. The summed E-state index contributed by atoms with van der Waals surface area (Å²) in [5.74, 6) is -1.16. The maximum atomic E-state index is 13.1. The van der Waals surface area contributed by atoms with Gasteiger partial charge in [-0.25, -0.2) is 0 Å². The van der Waals surface area contributed by atoms with Gasteiger partial charge in [-0.2, -0.15) is 0 Å². The topological polar surface area (TPSA) is 80.0 Å². The molecule has 0 spiro atoms. The summed E-state index contributed by atoms with van der Waals surface area (Å²) < 4.78 is 11.0. The van der Waals surface area contributed by atoms with E-state index in [0.29, 0.717) is 37.3 Å². The van der Waals surface area contributed by atoms with E-state index >= 15 is 0 Å². The van der Waals surface area contributed by atoms with E-state index < -0.39 is 11.4 Å². The zero-order chi connectivity index (χ0) is 17.6. The first-order chi connectivity index (χ1) is 12.0. The van der Waals surface area contributed by atoms with Crippen LogP contribution in [0.2, 0.25) is 0 Å². The van der Waals surface area contributed by atoms with Crippen molar-refractivity contribution in [2.45, 2.75) is 19.8 Å².